The van der Waals surface area contributed by atoms with Crippen molar-refractivity contribution in [2.45, 2.75) is 45.3 Å². The molecular weight excluding hydrogens is 354 g/mol. The maximum absolute atomic E-state index is 12.0. The molecule has 1 fully saturated rings. The minimum atomic E-state index is -0.604. The van der Waals surface area contributed by atoms with Crippen LogP contribution in [0.5, 0.6) is 0 Å². The number of benzene rings is 1. The number of carbonyl (C=O) groups excluding carboxylic acids is 1. The molecule has 1 aromatic carbocycles. The van der Waals surface area contributed by atoms with E-state index in [0.29, 0.717) is 24.3 Å². The summed E-state index contributed by atoms with van der Waals surface area (Å²) in [5.74, 6) is -0.133. The fraction of sp³-hybridized carbons (Fsp3) is 0.529. The summed E-state index contributed by atoms with van der Waals surface area (Å²) < 4.78 is 5.27. The van der Waals surface area contributed by atoms with Crippen molar-refractivity contribution in [1.29, 1.82) is 0 Å². The van der Waals surface area contributed by atoms with Crippen LogP contribution in [0.4, 0.5) is 16.2 Å². The number of hydrogen-bond donors (Lipinski definition) is 3. The van der Waals surface area contributed by atoms with E-state index < -0.39 is 16.6 Å². The van der Waals surface area contributed by atoms with Crippen molar-refractivity contribution in [3.05, 3.63) is 33.9 Å². The molecule has 1 unspecified atom stereocenters. The number of nitrogens with one attached hydrogen (secondary N) is 1. The Balaban J connectivity index is 2.21. The minimum absolute atomic E-state index is 0.0811. The summed E-state index contributed by atoms with van der Waals surface area (Å²) in [4.78, 5) is 24.8. The molecule has 0 aromatic heterocycles. The van der Waals surface area contributed by atoms with Crippen molar-refractivity contribution in [3.63, 3.8) is 0 Å². The molecule has 1 aromatic rings. The van der Waals surface area contributed by atoms with E-state index in [4.69, 9.17) is 15.7 Å². The zero-order chi connectivity index (χ0) is 20.2. The molecular formula is C17H25N5O5. The molecule has 10 heteroatoms. The standard InChI is InChI=1S/C17H25N5O5/c1-17(2,3)27-16(23)19-12-5-4-8-21(10-12)14-9-11(15(18)20-24)6-7-13(14)22(25)26/h6-7,9,12,24H,4-5,8,10H2,1-3H3,(H2,18,20)(H,19,23). The summed E-state index contributed by atoms with van der Waals surface area (Å²) in [5, 5.41) is 26.0. The van der Waals surface area contributed by atoms with E-state index in [1.54, 1.807) is 20.8 Å². The average molecular weight is 379 g/mol. The van der Waals surface area contributed by atoms with Gasteiger partial charge in [0.15, 0.2) is 5.84 Å². The molecule has 27 heavy (non-hydrogen) atoms. The van der Waals surface area contributed by atoms with Crippen molar-refractivity contribution in [3.8, 4) is 0 Å². The number of nitro benzene ring substituents is 1. The third kappa shape index (κ3) is 5.47. The number of amidine groups is 1. The maximum Gasteiger partial charge on any atom is 0.407 e. The highest BCUT2D eigenvalue weighted by Crippen LogP contribution is 2.31. The van der Waals surface area contributed by atoms with E-state index >= 15 is 0 Å². The van der Waals surface area contributed by atoms with Crippen molar-refractivity contribution in [2.75, 3.05) is 18.0 Å². The fourth-order valence-electron chi connectivity index (χ4n) is 2.94. The smallest absolute Gasteiger partial charge is 0.407 e. The summed E-state index contributed by atoms with van der Waals surface area (Å²) in [6.07, 6.45) is 0.962. The molecule has 1 aliphatic heterocycles. The second-order valence-electron chi connectivity index (χ2n) is 7.38. The molecule has 4 N–H and O–H groups in total. The molecule has 1 heterocycles. The number of carbonyl (C=O) groups is 1. The molecule has 1 aliphatic rings. The number of anilines is 1. The van der Waals surface area contributed by atoms with Gasteiger partial charge in [-0.05, 0) is 45.7 Å². The molecule has 1 saturated heterocycles. The summed E-state index contributed by atoms with van der Waals surface area (Å²) in [6.45, 7) is 6.32. The Hall–Kier alpha value is -3.04. The normalized spacial score (nSPS) is 18.1. The second kappa shape index (κ2) is 8.11. The lowest BCUT2D eigenvalue weighted by atomic mass is 10.0. The predicted molar refractivity (Wildman–Crippen MR) is 100 cm³/mol. The summed E-state index contributed by atoms with van der Waals surface area (Å²) in [7, 11) is 0. The van der Waals surface area contributed by atoms with Gasteiger partial charge in [-0.25, -0.2) is 4.79 Å². The first-order chi connectivity index (χ1) is 12.6. The van der Waals surface area contributed by atoms with Gasteiger partial charge < -0.3 is 25.9 Å². The second-order valence-corrected chi connectivity index (χ2v) is 7.38. The number of rotatable bonds is 4. The van der Waals surface area contributed by atoms with Crippen LogP contribution in [0.3, 0.4) is 0 Å². The van der Waals surface area contributed by atoms with Crippen LogP contribution in [-0.2, 0) is 4.74 Å². The molecule has 0 radical (unpaired) electrons. The molecule has 0 bridgehead atoms. The maximum atomic E-state index is 12.0. The van der Waals surface area contributed by atoms with Crippen molar-refractivity contribution in [1.82, 2.24) is 5.32 Å². The third-order valence-corrected chi connectivity index (χ3v) is 4.06. The summed E-state index contributed by atoms with van der Waals surface area (Å²) in [6, 6.07) is 4.06. The lowest BCUT2D eigenvalue weighted by Gasteiger charge is -2.34. The van der Waals surface area contributed by atoms with Crippen molar-refractivity contribution in [2.24, 2.45) is 10.9 Å². The van der Waals surface area contributed by atoms with Crippen LogP contribution in [-0.4, -0.2) is 46.8 Å². The Bertz CT molecular complexity index is 744. The van der Waals surface area contributed by atoms with Gasteiger partial charge in [-0.15, -0.1) is 0 Å². The Morgan fingerprint density at radius 2 is 2.19 bits per heavy atom. The van der Waals surface area contributed by atoms with Gasteiger partial charge in [0.05, 0.1) is 4.92 Å². The predicted octanol–water partition coefficient (Wildman–Crippen LogP) is 2.18. The monoisotopic (exact) mass is 379 g/mol. The zero-order valence-corrected chi connectivity index (χ0v) is 15.6. The van der Waals surface area contributed by atoms with E-state index in [2.05, 4.69) is 10.5 Å². The van der Waals surface area contributed by atoms with E-state index in [9.17, 15) is 14.9 Å². The highest BCUT2D eigenvalue weighted by Gasteiger charge is 2.28. The number of piperidine rings is 1. The van der Waals surface area contributed by atoms with Crippen LogP contribution in [0.2, 0.25) is 0 Å². The summed E-state index contributed by atoms with van der Waals surface area (Å²) in [5.41, 5.74) is 5.66. The van der Waals surface area contributed by atoms with E-state index in [-0.39, 0.29) is 17.6 Å². The largest absolute Gasteiger partial charge is 0.444 e. The average Bonchev–Trinajstić information content (AvgIpc) is 2.59. The van der Waals surface area contributed by atoms with Gasteiger partial charge in [0.2, 0.25) is 0 Å². The Morgan fingerprint density at radius 3 is 2.78 bits per heavy atom. The van der Waals surface area contributed by atoms with Gasteiger partial charge in [-0.3, -0.25) is 10.1 Å². The quantitative estimate of drug-likeness (QED) is 0.239. The van der Waals surface area contributed by atoms with Gasteiger partial charge in [0.25, 0.3) is 5.69 Å². The van der Waals surface area contributed by atoms with Crippen LogP contribution < -0.4 is 16.0 Å². The lowest BCUT2D eigenvalue weighted by molar-refractivity contribution is -0.384. The summed E-state index contributed by atoms with van der Waals surface area (Å²) >= 11 is 0. The molecule has 10 nitrogen and oxygen atoms in total. The highest BCUT2D eigenvalue weighted by atomic mass is 16.6. The first-order valence-electron chi connectivity index (χ1n) is 8.61. The lowest BCUT2D eigenvalue weighted by Crippen LogP contribution is -2.49. The fourth-order valence-corrected chi connectivity index (χ4v) is 2.94. The number of alkyl carbamates (subject to hydrolysis) is 1. The number of nitro groups is 1. The minimum Gasteiger partial charge on any atom is -0.444 e. The van der Waals surface area contributed by atoms with Gasteiger partial charge in [-0.1, -0.05) is 5.16 Å². The Kier molecular flexibility index (Phi) is 6.09. The SMILES string of the molecule is CC(C)(C)OC(=O)NC1CCCN(c2cc(C(N)=NO)ccc2[N+](=O)[O-])C1. The van der Waals surface area contributed by atoms with E-state index in [1.165, 1.54) is 18.2 Å². The molecule has 2 rings (SSSR count). The molecule has 0 saturated carbocycles. The van der Waals surface area contributed by atoms with Gasteiger partial charge in [-0.2, -0.15) is 0 Å². The number of amides is 1. The topological polar surface area (TPSA) is 143 Å². The Labute approximate surface area is 157 Å². The number of oxime groups is 1. The number of nitrogens with zero attached hydrogens (tertiary/aromatic N) is 3. The van der Waals surface area contributed by atoms with Gasteiger partial charge in [0, 0.05) is 30.8 Å². The number of hydrogen-bond acceptors (Lipinski definition) is 7. The zero-order valence-electron chi connectivity index (χ0n) is 15.6. The number of nitrogens with two attached hydrogens (primary N) is 1. The van der Waals surface area contributed by atoms with Crippen molar-refractivity contribution >= 4 is 23.3 Å². The third-order valence-electron chi connectivity index (χ3n) is 4.06. The van der Waals surface area contributed by atoms with Gasteiger partial charge in [0.1, 0.15) is 11.3 Å². The van der Waals surface area contributed by atoms with Crippen LogP contribution in [0.1, 0.15) is 39.2 Å². The van der Waals surface area contributed by atoms with Crippen LogP contribution >= 0.6 is 0 Å². The van der Waals surface area contributed by atoms with Crippen LogP contribution in [0.15, 0.2) is 23.4 Å². The molecule has 0 aliphatic carbocycles. The molecule has 1 amide bonds. The van der Waals surface area contributed by atoms with Crippen molar-refractivity contribution < 1.29 is 19.7 Å². The number of ether oxygens (including phenoxy) is 1. The first kappa shape index (κ1) is 20.3. The van der Waals surface area contributed by atoms with Crippen LogP contribution in [0, 0.1) is 10.1 Å². The van der Waals surface area contributed by atoms with E-state index in [1.807, 2.05) is 4.90 Å². The van der Waals surface area contributed by atoms with E-state index in [0.717, 1.165) is 12.8 Å². The highest BCUT2D eigenvalue weighted by molar-refractivity contribution is 5.98. The van der Waals surface area contributed by atoms with Crippen LogP contribution in [0.25, 0.3) is 0 Å². The Morgan fingerprint density at radius 1 is 1.48 bits per heavy atom. The molecule has 148 valence electrons. The van der Waals surface area contributed by atoms with Gasteiger partial charge >= 0.3 is 6.09 Å². The first-order valence-corrected chi connectivity index (χ1v) is 8.61. The molecule has 0 spiro atoms. The molecule has 1 atom stereocenters.